The molecule has 9 heteroatoms. The maximum atomic E-state index is 12.2. The van der Waals surface area contributed by atoms with Crippen molar-refractivity contribution in [3.05, 3.63) is 46.1 Å². The maximum absolute atomic E-state index is 12.2. The molecular formula is C17H14Cl2N2O5. The van der Waals surface area contributed by atoms with Gasteiger partial charge in [-0.3, -0.25) is 9.69 Å². The van der Waals surface area contributed by atoms with Crippen LogP contribution < -0.4 is 5.32 Å². The van der Waals surface area contributed by atoms with Crippen LogP contribution in [0.5, 0.6) is 0 Å². The fourth-order valence-electron chi connectivity index (χ4n) is 2.45. The second kappa shape index (κ2) is 7.39. The van der Waals surface area contributed by atoms with Crippen LogP contribution in [0.25, 0.3) is 11.3 Å². The minimum atomic E-state index is -1.13. The molecule has 1 N–H and O–H groups in total. The van der Waals surface area contributed by atoms with Gasteiger partial charge in [-0.05, 0) is 37.3 Å². The summed E-state index contributed by atoms with van der Waals surface area (Å²) < 4.78 is 10.6. The normalized spacial score (nSPS) is 14.9. The van der Waals surface area contributed by atoms with E-state index in [0.29, 0.717) is 27.9 Å². The van der Waals surface area contributed by atoms with Gasteiger partial charge in [0.1, 0.15) is 5.76 Å². The molecule has 0 aliphatic carbocycles. The number of halogens is 2. The predicted octanol–water partition coefficient (Wildman–Crippen LogP) is 3.35. The van der Waals surface area contributed by atoms with Crippen molar-refractivity contribution in [2.45, 2.75) is 13.0 Å². The molecule has 7 nitrogen and oxygen atoms in total. The van der Waals surface area contributed by atoms with Gasteiger partial charge in [0.25, 0.3) is 5.91 Å². The lowest BCUT2D eigenvalue weighted by atomic mass is 10.2. The highest BCUT2D eigenvalue weighted by atomic mass is 35.5. The first-order chi connectivity index (χ1) is 12.4. The lowest BCUT2D eigenvalue weighted by Gasteiger charge is -2.17. The number of nitrogens with zero attached hydrogens (tertiary/aromatic N) is 1. The van der Waals surface area contributed by atoms with E-state index in [9.17, 15) is 14.4 Å². The first-order valence-electron chi connectivity index (χ1n) is 7.72. The Morgan fingerprint density at radius 3 is 2.69 bits per heavy atom. The number of esters is 1. The van der Waals surface area contributed by atoms with Gasteiger partial charge < -0.3 is 14.5 Å². The number of benzene rings is 1. The quantitative estimate of drug-likeness (QED) is 0.800. The van der Waals surface area contributed by atoms with E-state index in [2.05, 4.69) is 5.32 Å². The molecule has 1 atom stereocenters. The predicted molar refractivity (Wildman–Crippen MR) is 94.2 cm³/mol. The summed E-state index contributed by atoms with van der Waals surface area (Å²) >= 11 is 12.0. The molecule has 2 aromatic rings. The fraction of sp³-hybridized carbons (Fsp3) is 0.235. The third-order valence-corrected chi connectivity index (χ3v) is 4.31. The standard InChI is InChI=1S/C17H14Cl2N2O5/c1-9(15(22)21-7-6-20-17(21)24)25-16(23)14-5-4-13(26-14)11-3-2-10(18)8-12(11)19/h2-5,8-9H,6-7H2,1H3,(H,20,24)/t9-/m1/s1. The van der Waals surface area contributed by atoms with E-state index in [4.69, 9.17) is 32.4 Å². The van der Waals surface area contributed by atoms with Crippen LogP contribution in [-0.2, 0) is 9.53 Å². The van der Waals surface area contributed by atoms with Crippen molar-refractivity contribution in [3.63, 3.8) is 0 Å². The van der Waals surface area contributed by atoms with Crippen molar-refractivity contribution in [2.24, 2.45) is 0 Å². The van der Waals surface area contributed by atoms with Crippen LogP contribution in [0.15, 0.2) is 34.7 Å². The van der Waals surface area contributed by atoms with Crippen molar-refractivity contribution >= 4 is 41.1 Å². The topological polar surface area (TPSA) is 88.8 Å². The van der Waals surface area contributed by atoms with Gasteiger partial charge >= 0.3 is 12.0 Å². The van der Waals surface area contributed by atoms with Gasteiger partial charge in [-0.25, -0.2) is 9.59 Å². The van der Waals surface area contributed by atoms with Crippen LogP contribution in [0.3, 0.4) is 0 Å². The Morgan fingerprint density at radius 1 is 1.27 bits per heavy atom. The van der Waals surface area contributed by atoms with Crippen LogP contribution in [-0.4, -0.2) is 42.0 Å². The van der Waals surface area contributed by atoms with E-state index in [0.717, 1.165) is 4.90 Å². The Kier molecular flexibility index (Phi) is 5.20. The minimum Gasteiger partial charge on any atom is -0.449 e. The lowest BCUT2D eigenvalue weighted by Crippen LogP contribution is -2.41. The van der Waals surface area contributed by atoms with Crippen molar-refractivity contribution in [1.29, 1.82) is 0 Å². The first kappa shape index (κ1) is 18.3. The SMILES string of the molecule is C[C@@H](OC(=O)c1ccc(-c2ccc(Cl)cc2Cl)o1)C(=O)N1CCNC1=O. The Bertz CT molecular complexity index is 880. The summed E-state index contributed by atoms with van der Waals surface area (Å²) in [4.78, 5) is 36.9. The Hall–Kier alpha value is -2.51. The summed E-state index contributed by atoms with van der Waals surface area (Å²) in [5.41, 5.74) is 0.563. The molecule has 0 radical (unpaired) electrons. The maximum Gasteiger partial charge on any atom is 0.375 e. The number of hydrogen-bond donors (Lipinski definition) is 1. The molecule has 0 saturated carbocycles. The van der Waals surface area contributed by atoms with Gasteiger partial charge in [-0.2, -0.15) is 0 Å². The zero-order valence-corrected chi connectivity index (χ0v) is 15.1. The lowest BCUT2D eigenvalue weighted by molar-refractivity contribution is -0.136. The van der Waals surface area contributed by atoms with E-state index in [1.165, 1.54) is 13.0 Å². The number of ether oxygens (including phenoxy) is 1. The molecule has 1 aliphatic rings. The second-order valence-electron chi connectivity index (χ2n) is 5.56. The molecule has 1 fully saturated rings. The van der Waals surface area contributed by atoms with E-state index in [-0.39, 0.29) is 12.3 Å². The summed E-state index contributed by atoms with van der Waals surface area (Å²) in [6.45, 7) is 2.00. The molecule has 26 heavy (non-hydrogen) atoms. The van der Waals surface area contributed by atoms with Crippen molar-refractivity contribution < 1.29 is 23.5 Å². The molecule has 0 spiro atoms. The zero-order valence-electron chi connectivity index (χ0n) is 13.6. The summed E-state index contributed by atoms with van der Waals surface area (Å²) in [6.07, 6.45) is -1.13. The Labute approximate surface area is 158 Å². The fourth-order valence-corrected chi connectivity index (χ4v) is 2.95. The Morgan fingerprint density at radius 2 is 2.04 bits per heavy atom. The largest absolute Gasteiger partial charge is 0.449 e. The molecule has 0 unspecified atom stereocenters. The van der Waals surface area contributed by atoms with Crippen LogP contribution in [0.1, 0.15) is 17.5 Å². The molecule has 3 amide bonds. The number of furan rings is 1. The van der Waals surface area contributed by atoms with Gasteiger partial charge in [0.05, 0.1) is 5.02 Å². The van der Waals surface area contributed by atoms with E-state index in [1.807, 2.05) is 0 Å². The highest BCUT2D eigenvalue weighted by molar-refractivity contribution is 6.36. The van der Waals surface area contributed by atoms with Crippen LogP contribution >= 0.6 is 23.2 Å². The summed E-state index contributed by atoms with van der Waals surface area (Å²) in [7, 11) is 0. The summed E-state index contributed by atoms with van der Waals surface area (Å²) in [5, 5.41) is 3.35. The van der Waals surface area contributed by atoms with Gasteiger partial charge in [0.2, 0.25) is 5.76 Å². The summed E-state index contributed by atoms with van der Waals surface area (Å²) in [6, 6.07) is 7.34. The molecule has 2 heterocycles. The number of carbonyl (C=O) groups excluding carboxylic acids is 3. The first-order valence-corrected chi connectivity index (χ1v) is 8.48. The number of urea groups is 1. The number of amides is 3. The van der Waals surface area contributed by atoms with Gasteiger partial charge in [0, 0.05) is 23.7 Å². The van der Waals surface area contributed by atoms with Crippen LogP contribution in [0, 0.1) is 0 Å². The Balaban J connectivity index is 1.70. The number of imide groups is 1. The van der Waals surface area contributed by atoms with Gasteiger partial charge in [-0.1, -0.05) is 23.2 Å². The molecule has 1 aliphatic heterocycles. The molecule has 136 valence electrons. The molecule has 1 aromatic carbocycles. The summed E-state index contributed by atoms with van der Waals surface area (Å²) in [5.74, 6) is -1.14. The number of hydrogen-bond acceptors (Lipinski definition) is 5. The minimum absolute atomic E-state index is 0.0865. The van der Waals surface area contributed by atoms with E-state index in [1.54, 1.807) is 24.3 Å². The van der Waals surface area contributed by atoms with Crippen LogP contribution in [0.4, 0.5) is 4.79 Å². The third kappa shape index (κ3) is 3.68. The zero-order chi connectivity index (χ0) is 18.8. The van der Waals surface area contributed by atoms with Gasteiger partial charge in [0.15, 0.2) is 6.10 Å². The molecular weight excluding hydrogens is 383 g/mol. The highest BCUT2D eigenvalue weighted by Gasteiger charge is 2.32. The second-order valence-corrected chi connectivity index (χ2v) is 6.40. The molecule has 1 aromatic heterocycles. The van der Waals surface area contributed by atoms with Crippen LogP contribution in [0.2, 0.25) is 10.0 Å². The average molecular weight is 397 g/mol. The van der Waals surface area contributed by atoms with E-state index >= 15 is 0 Å². The number of nitrogens with one attached hydrogen (secondary N) is 1. The smallest absolute Gasteiger partial charge is 0.375 e. The molecule has 1 saturated heterocycles. The monoisotopic (exact) mass is 396 g/mol. The average Bonchev–Trinajstić information content (AvgIpc) is 3.23. The number of rotatable bonds is 4. The molecule has 3 rings (SSSR count). The van der Waals surface area contributed by atoms with Crippen molar-refractivity contribution in [2.75, 3.05) is 13.1 Å². The molecule has 0 bridgehead atoms. The van der Waals surface area contributed by atoms with Crippen molar-refractivity contribution in [3.8, 4) is 11.3 Å². The highest BCUT2D eigenvalue weighted by Crippen LogP contribution is 2.31. The number of carbonyl (C=O) groups is 3. The van der Waals surface area contributed by atoms with E-state index < -0.39 is 24.0 Å². The van der Waals surface area contributed by atoms with Gasteiger partial charge in [-0.15, -0.1) is 0 Å². The van der Waals surface area contributed by atoms with Crippen molar-refractivity contribution in [1.82, 2.24) is 10.2 Å². The third-order valence-electron chi connectivity index (χ3n) is 3.76.